The number of ether oxygens (including phenoxy) is 1. The van der Waals surface area contributed by atoms with Gasteiger partial charge in [0.15, 0.2) is 5.78 Å². The molecule has 1 aromatic carbocycles. The summed E-state index contributed by atoms with van der Waals surface area (Å²) in [7, 11) is 0. The van der Waals surface area contributed by atoms with Gasteiger partial charge in [0.25, 0.3) is 0 Å². The molecule has 4 nitrogen and oxygen atoms in total. The van der Waals surface area contributed by atoms with Crippen molar-refractivity contribution < 1.29 is 19.4 Å². The molecule has 1 rings (SSSR count). The minimum atomic E-state index is -0.965. The molecule has 0 spiro atoms. The van der Waals surface area contributed by atoms with Crippen LogP contribution in [0.2, 0.25) is 0 Å². The number of carbonyl (C=O) groups excluding carboxylic acids is 1. The third kappa shape index (κ3) is 4.39. The van der Waals surface area contributed by atoms with E-state index in [1.165, 1.54) is 0 Å². The quantitative estimate of drug-likeness (QED) is 0.768. The molecular weight excluding hydrogens is 244 g/mol. The van der Waals surface area contributed by atoms with E-state index in [0.717, 1.165) is 17.5 Å². The molecule has 1 aromatic rings. The highest BCUT2D eigenvalue weighted by Crippen LogP contribution is 2.25. The molecule has 0 aromatic heterocycles. The van der Waals surface area contributed by atoms with Crippen molar-refractivity contribution in [2.45, 2.75) is 40.0 Å². The summed E-state index contributed by atoms with van der Waals surface area (Å²) in [5.41, 5.74) is 2.54. The summed E-state index contributed by atoms with van der Waals surface area (Å²) in [6.45, 7) is 6.42. The smallest absolute Gasteiger partial charge is 0.303 e. The van der Waals surface area contributed by atoms with Crippen molar-refractivity contribution in [1.82, 2.24) is 0 Å². The van der Waals surface area contributed by atoms with E-state index in [2.05, 4.69) is 0 Å². The van der Waals surface area contributed by atoms with Crippen LogP contribution >= 0.6 is 0 Å². The van der Waals surface area contributed by atoms with Crippen molar-refractivity contribution >= 4 is 11.8 Å². The number of benzene rings is 1. The largest absolute Gasteiger partial charge is 0.493 e. The number of carboxylic acids is 1. The number of carbonyl (C=O) groups is 2. The Morgan fingerprint density at radius 1 is 1.16 bits per heavy atom. The second kappa shape index (κ2) is 6.92. The van der Waals surface area contributed by atoms with Crippen LogP contribution in [0, 0.1) is 13.8 Å². The third-order valence-electron chi connectivity index (χ3n) is 2.92. The Morgan fingerprint density at radius 2 is 1.79 bits per heavy atom. The summed E-state index contributed by atoms with van der Waals surface area (Å²) in [6, 6.07) is 3.63. The molecule has 0 aliphatic rings. The van der Waals surface area contributed by atoms with Crippen molar-refractivity contribution in [2.75, 3.05) is 6.61 Å². The zero-order chi connectivity index (χ0) is 14.4. The van der Waals surface area contributed by atoms with Crippen molar-refractivity contribution in [3.05, 3.63) is 28.8 Å². The fourth-order valence-corrected chi connectivity index (χ4v) is 1.69. The van der Waals surface area contributed by atoms with Gasteiger partial charge in [-0.1, -0.05) is 6.92 Å². The minimum absolute atomic E-state index is 0.000317. The number of hydrogen-bond donors (Lipinski definition) is 1. The maximum Gasteiger partial charge on any atom is 0.303 e. The summed E-state index contributed by atoms with van der Waals surface area (Å²) >= 11 is 0. The van der Waals surface area contributed by atoms with Crippen molar-refractivity contribution in [2.24, 2.45) is 0 Å². The number of carboxylic acid groups (broad SMARTS) is 1. The highest BCUT2D eigenvalue weighted by Gasteiger charge is 2.15. The Kier molecular flexibility index (Phi) is 5.55. The van der Waals surface area contributed by atoms with Crippen LogP contribution in [-0.2, 0) is 4.79 Å². The number of ketones is 1. The van der Waals surface area contributed by atoms with Crippen LogP contribution in [0.25, 0.3) is 0 Å². The number of hydrogen-bond acceptors (Lipinski definition) is 3. The zero-order valence-corrected chi connectivity index (χ0v) is 11.7. The Labute approximate surface area is 113 Å². The molecule has 0 aliphatic heterocycles. The van der Waals surface area contributed by atoms with E-state index in [4.69, 9.17) is 9.84 Å². The van der Waals surface area contributed by atoms with Crippen LogP contribution in [0.15, 0.2) is 12.1 Å². The fraction of sp³-hybridized carbons (Fsp3) is 0.467. The standard InChI is InChI=1S/C15H20O4/c1-4-7-19-14-9-11(3)10(2)8-12(14)13(16)5-6-15(17)18/h8-9H,4-7H2,1-3H3,(H,17,18). The van der Waals surface area contributed by atoms with Gasteiger partial charge in [-0.05, 0) is 43.5 Å². The molecule has 0 saturated carbocycles. The molecule has 0 saturated heterocycles. The number of Topliss-reactive ketones (excluding diaryl/α,β-unsaturated/α-hetero) is 1. The van der Waals surface area contributed by atoms with E-state index in [9.17, 15) is 9.59 Å². The van der Waals surface area contributed by atoms with Gasteiger partial charge in [-0.15, -0.1) is 0 Å². The van der Waals surface area contributed by atoms with Gasteiger partial charge in [-0.2, -0.15) is 0 Å². The first-order valence-electron chi connectivity index (χ1n) is 6.44. The summed E-state index contributed by atoms with van der Waals surface area (Å²) < 4.78 is 5.58. The summed E-state index contributed by atoms with van der Waals surface area (Å²) in [4.78, 5) is 22.6. The summed E-state index contributed by atoms with van der Waals surface area (Å²) in [6.07, 6.45) is 0.703. The molecule has 0 bridgehead atoms. The highest BCUT2D eigenvalue weighted by atomic mass is 16.5. The molecule has 0 amide bonds. The zero-order valence-electron chi connectivity index (χ0n) is 11.7. The molecule has 104 valence electrons. The topological polar surface area (TPSA) is 63.6 Å². The lowest BCUT2D eigenvalue weighted by Crippen LogP contribution is -2.08. The van der Waals surface area contributed by atoms with E-state index >= 15 is 0 Å². The maximum atomic E-state index is 12.1. The van der Waals surface area contributed by atoms with E-state index in [1.54, 1.807) is 6.07 Å². The second-order valence-electron chi connectivity index (χ2n) is 4.60. The second-order valence-corrected chi connectivity index (χ2v) is 4.60. The molecule has 19 heavy (non-hydrogen) atoms. The first-order valence-corrected chi connectivity index (χ1v) is 6.44. The van der Waals surface area contributed by atoms with Crippen LogP contribution in [0.5, 0.6) is 5.75 Å². The molecular formula is C15H20O4. The summed E-state index contributed by atoms with van der Waals surface area (Å²) in [5, 5.41) is 8.64. The van der Waals surface area contributed by atoms with Gasteiger partial charge in [-0.3, -0.25) is 9.59 Å². The highest BCUT2D eigenvalue weighted by molar-refractivity contribution is 6.00. The van der Waals surface area contributed by atoms with E-state index in [0.29, 0.717) is 17.9 Å². The van der Waals surface area contributed by atoms with Gasteiger partial charge in [0.1, 0.15) is 5.75 Å². The monoisotopic (exact) mass is 264 g/mol. The predicted octanol–water partition coefficient (Wildman–Crippen LogP) is 3.14. The van der Waals surface area contributed by atoms with Crippen molar-refractivity contribution in [1.29, 1.82) is 0 Å². The molecule has 0 aliphatic carbocycles. The van der Waals surface area contributed by atoms with Gasteiger partial charge in [0.2, 0.25) is 0 Å². The SMILES string of the molecule is CCCOc1cc(C)c(C)cc1C(=O)CCC(=O)O. The molecule has 0 atom stereocenters. The first-order chi connectivity index (χ1) is 8.95. The fourth-order valence-electron chi connectivity index (χ4n) is 1.69. The number of aryl methyl sites for hydroxylation is 2. The van der Waals surface area contributed by atoms with Gasteiger partial charge in [0, 0.05) is 6.42 Å². The van der Waals surface area contributed by atoms with Gasteiger partial charge in [-0.25, -0.2) is 0 Å². The predicted molar refractivity (Wildman–Crippen MR) is 72.9 cm³/mol. The molecule has 0 radical (unpaired) electrons. The Bertz CT molecular complexity index is 477. The average molecular weight is 264 g/mol. The van der Waals surface area contributed by atoms with E-state index in [1.807, 2.05) is 26.8 Å². The van der Waals surface area contributed by atoms with E-state index < -0.39 is 5.97 Å². The lowest BCUT2D eigenvalue weighted by Gasteiger charge is -2.13. The van der Waals surface area contributed by atoms with Crippen LogP contribution in [0.4, 0.5) is 0 Å². The first kappa shape index (κ1) is 15.2. The maximum absolute atomic E-state index is 12.1. The Balaban J connectivity index is 2.98. The van der Waals surface area contributed by atoms with Crippen LogP contribution in [0.3, 0.4) is 0 Å². The van der Waals surface area contributed by atoms with Crippen LogP contribution < -0.4 is 4.74 Å². The van der Waals surface area contributed by atoms with Gasteiger partial charge in [0.05, 0.1) is 18.6 Å². The van der Waals surface area contributed by atoms with Crippen molar-refractivity contribution in [3.63, 3.8) is 0 Å². The molecule has 0 unspecified atom stereocenters. The molecule has 0 fully saturated rings. The van der Waals surface area contributed by atoms with E-state index in [-0.39, 0.29) is 18.6 Å². The normalized spacial score (nSPS) is 10.3. The van der Waals surface area contributed by atoms with Gasteiger partial charge >= 0.3 is 5.97 Å². The third-order valence-corrected chi connectivity index (χ3v) is 2.92. The van der Waals surface area contributed by atoms with Gasteiger partial charge < -0.3 is 9.84 Å². The van der Waals surface area contributed by atoms with Crippen LogP contribution in [0.1, 0.15) is 47.7 Å². The lowest BCUT2D eigenvalue weighted by atomic mass is 10.00. The van der Waals surface area contributed by atoms with Crippen LogP contribution in [-0.4, -0.2) is 23.5 Å². The van der Waals surface area contributed by atoms with Crippen molar-refractivity contribution in [3.8, 4) is 5.75 Å². The molecule has 0 heterocycles. The molecule has 1 N–H and O–H groups in total. The number of rotatable bonds is 7. The minimum Gasteiger partial charge on any atom is -0.493 e. The molecule has 4 heteroatoms. The Hall–Kier alpha value is -1.84. The summed E-state index contributed by atoms with van der Waals surface area (Å²) in [5.74, 6) is -0.592. The number of aliphatic carboxylic acids is 1. The Morgan fingerprint density at radius 3 is 2.37 bits per heavy atom. The lowest BCUT2D eigenvalue weighted by molar-refractivity contribution is -0.136. The average Bonchev–Trinajstić information content (AvgIpc) is 2.36.